The van der Waals surface area contributed by atoms with Crippen molar-refractivity contribution in [1.82, 2.24) is 15.1 Å². The zero-order valence-electron chi connectivity index (χ0n) is 12.9. The largest absolute Gasteiger partial charge is 0.342 e. The first-order chi connectivity index (χ1) is 9.65. The van der Waals surface area contributed by atoms with E-state index in [0.717, 1.165) is 38.6 Å². The van der Waals surface area contributed by atoms with Gasteiger partial charge in [-0.1, -0.05) is 0 Å². The predicted molar refractivity (Wildman–Crippen MR) is 86.2 cm³/mol. The predicted octanol–water partition coefficient (Wildman–Crippen LogP) is 1.27. The number of carbonyl (C=O) groups is 1. The van der Waals surface area contributed by atoms with Crippen molar-refractivity contribution >= 4 is 17.7 Å². The monoisotopic (exact) mass is 299 g/mol. The Bertz CT molecular complexity index is 297. The van der Waals surface area contributed by atoms with Gasteiger partial charge in [0.2, 0.25) is 5.91 Å². The highest BCUT2D eigenvalue weighted by molar-refractivity contribution is 8.00. The van der Waals surface area contributed by atoms with Crippen LogP contribution in [0, 0.1) is 5.92 Å². The Hall–Kier alpha value is -0.260. The lowest BCUT2D eigenvalue weighted by Gasteiger charge is -2.33. The molecule has 2 heterocycles. The van der Waals surface area contributed by atoms with E-state index >= 15 is 0 Å². The van der Waals surface area contributed by atoms with Gasteiger partial charge in [-0.15, -0.1) is 11.8 Å². The van der Waals surface area contributed by atoms with Gasteiger partial charge in [-0.3, -0.25) is 4.79 Å². The zero-order chi connectivity index (χ0) is 14.4. The maximum Gasteiger partial charge on any atom is 0.232 e. The number of likely N-dealkylation sites (tertiary alicyclic amines) is 1. The van der Waals surface area contributed by atoms with Crippen LogP contribution in [0.2, 0.25) is 0 Å². The van der Waals surface area contributed by atoms with Crippen molar-refractivity contribution in [3.05, 3.63) is 0 Å². The second-order valence-electron chi connectivity index (χ2n) is 6.35. The first-order valence-corrected chi connectivity index (χ1v) is 8.95. The molecule has 1 N–H and O–H groups in total. The van der Waals surface area contributed by atoms with Gasteiger partial charge in [0.05, 0.1) is 5.75 Å². The summed E-state index contributed by atoms with van der Waals surface area (Å²) in [7, 11) is 4.26. The Morgan fingerprint density at radius 1 is 1.20 bits per heavy atom. The second-order valence-corrected chi connectivity index (χ2v) is 7.64. The van der Waals surface area contributed by atoms with Crippen LogP contribution in [0.3, 0.4) is 0 Å². The van der Waals surface area contributed by atoms with E-state index < -0.39 is 0 Å². The molecule has 0 atom stereocenters. The lowest BCUT2D eigenvalue weighted by atomic mass is 9.96. The van der Waals surface area contributed by atoms with E-state index in [1.165, 1.54) is 25.7 Å². The number of nitrogens with zero attached hydrogens (tertiary/aromatic N) is 2. The number of hydrogen-bond donors (Lipinski definition) is 1. The Morgan fingerprint density at radius 2 is 1.85 bits per heavy atom. The van der Waals surface area contributed by atoms with Crippen molar-refractivity contribution < 1.29 is 4.79 Å². The molecule has 4 nitrogen and oxygen atoms in total. The van der Waals surface area contributed by atoms with Gasteiger partial charge in [-0.05, 0) is 58.8 Å². The van der Waals surface area contributed by atoms with Crippen LogP contribution in [0.4, 0.5) is 0 Å². The maximum atomic E-state index is 12.2. The van der Waals surface area contributed by atoms with Gasteiger partial charge in [0.1, 0.15) is 0 Å². The van der Waals surface area contributed by atoms with E-state index in [4.69, 9.17) is 0 Å². The normalized spacial score (nSPS) is 22.4. The standard InChI is InChI=1S/C15H29N3OS/c1-17(2)11-13-5-9-18(10-6-13)15(19)12-20-14-3-7-16-8-4-14/h13-14,16H,3-12H2,1-2H3. The number of rotatable bonds is 5. The number of carbonyl (C=O) groups excluding carboxylic acids is 1. The first-order valence-electron chi connectivity index (χ1n) is 7.90. The smallest absolute Gasteiger partial charge is 0.232 e. The lowest BCUT2D eigenvalue weighted by Crippen LogP contribution is -2.41. The van der Waals surface area contributed by atoms with E-state index in [1.54, 1.807) is 0 Å². The minimum absolute atomic E-state index is 0.358. The number of nitrogens with one attached hydrogen (secondary N) is 1. The van der Waals surface area contributed by atoms with E-state index in [2.05, 4.69) is 29.2 Å². The second kappa shape index (κ2) is 8.25. The summed E-state index contributed by atoms with van der Waals surface area (Å²) in [5.41, 5.74) is 0. The molecule has 2 aliphatic heterocycles. The summed E-state index contributed by atoms with van der Waals surface area (Å²) in [4.78, 5) is 16.6. The number of piperidine rings is 2. The van der Waals surface area contributed by atoms with Crippen molar-refractivity contribution in [3.63, 3.8) is 0 Å². The summed E-state index contributed by atoms with van der Waals surface area (Å²) in [5.74, 6) is 1.81. The van der Waals surface area contributed by atoms with Gasteiger partial charge < -0.3 is 15.1 Å². The molecule has 2 aliphatic rings. The van der Waals surface area contributed by atoms with Crippen LogP contribution < -0.4 is 5.32 Å². The third-order valence-electron chi connectivity index (χ3n) is 4.32. The molecule has 0 aromatic heterocycles. The molecule has 2 rings (SSSR count). The van der Waals surface area contributed by atoms with Crippen LogP contribution in [-0.2, 0) is 4.79 Å². The molecule has 0 saturated carbocycles. The minimum Gasteiger partial charge on any atom is -0.342 e. The SMILES string of the molecule is CN(C)CC1CCN(C(=O)CSC2CCNCC2)CC1. The summed E-state index contributed by atoms with van der Waals surface area (Å²) in [5, 5.41) is 4.06. The summed E-state index contributed by atoms with van der Waals surface area (Å²) in [6, 6.07) is 0. The van der Waals surface area contributed by atoms with Crippen LogP contribution in [0.1, 0.15) is 25.7 Å². The molecule has 2 fully saturated rings. The fourth-order valence-corrected chi connectivity index (χ4v) is 4.25. The summed E-state index contributed by atoms with van der Waals surface area (Å²) < 4.78 is 0. The van der Waals surface area contributed by atoms with Crippen molar-refractivity contribution in [2.75, 3.05) is 52.6 Å². The van der Waals surface area contributed by atoms with E-state index in [1.807, 2.05) is 11.8 Å². The molecule has 20 heavy (non-hydrogen) atoms. The average molecular weight is 299 g/mol. The number of hydrogen-bond acceptors (Lipinski definition) is 4. The third-order valence-corrected chi connectivity index (χ3v) is 5.68. The zero-order valence-corrected chi connectivity index (χ0v) is 13.8. The Morgan fingerprint density at radius 3 is 2.45 bits per heavy atom. The van der Waals surface area contributed by atoms with Gasteiger partial charge >= 0.3 is 0 Å². The molecule has 0 aromatic rings. The fraction of sp³-hybridized carbons (Fsp3) is 0.933. The Labute approximate surface area is 127 Å². The first kappa shape index (κ1) is 16.1. The molecule has 0 bridgehead atoms. The van der Waals surface area contributed by atoms with Crippen molar-refractivity contribution in [2.45, 2.75) is 30.9 Å². The molecule has 0 unspecified atom stereocenters. The molecule has 5 heteroatoms. The summed E-state index contributed by atoms with van der Waals surface area (Å²) in [6.45, 7) is 5.31. The highest BCUT2D eigenvalue weighted by atomic mass is 32.2. The van der Waals surface area contributed by atoms with Crippen LogP contribution in [0.25, 0.3) is 0 Å². The molecule has 0 aromatic carbocycles. The van der Waals surface area contributed by atoms with E-state index in [9.17, 15) is 4.79 Å². The molecule has 0 aliphatic carbocycles. The van der Waals surface area contributed by atoms with Gasteiger partial charge in [0.25, 0.3) is 0 Å². The highest BCUT2D eigenvalue weighted by Crippen LogP contribution is 2.22. The molecule has 116 valence electrons. The van der Waals surface area contributed by atoms with Crippen molar-refractivity contribution in [3.8, 4) is 0 Å². The van der Waals surface area contributed by atoms with Gasteiger partial charge in [0, 0.05) is 24.9 Å². The van der Waals surface area contributed by atoms with Gasteiger partial charge in [-0.2, -0.15) is 0 Å². The van der Waals surface area contributed by atoms with Gasteiger partial charge in [0.15, 0.2) is 0 Å². The van der Waals surface area contributed by atoms with Crippen LogP contribution in [0.15, 0.2) is 0 Å². The quantitative estimate of drug-likeness (QED) is 0.829. The Balaban J connectivity index is 1.64. The lowest BCUT2D eigenvalue weighted by molar-refractivity contribution is -0.129. The maximum absolute atomic E-state index is 12.2. The topological polar surface area (TPSA) is 35.6 Å². The molecule has 1 amide bonds. The highest BCUT2D eigenvalue weighted by Gasteiger charge is 2.24. The number of thioether (sulfide) groups is 1. The average Bonchev–Trinajstić information content (AvgIpc) is 2.46. The summed E-state index contributed by atoms with van der Waals surface area (Å²) >= 11 is 1.87. The number of amides is 1. The molecule has 2 saturated heterocycles. The molecular formula is C15H29N3OS. The molecular weight excluding hydrogens is 270 g/mol. The van der Waals surface area contributed by atoms with E-state index in [-0.39, 0.29) is 0 Å². The van der Waals surface area contributed by atoms with E-state index in [0.29, 0.717) is 16.9 Å². The van der Waals surface area contributed by atoms with Crippen LogP contribution in [0.5, 0.6) is 0 Å². The van der Waals surface area contributed by atoms with Crippen LogP contribution in [-0.4, -0.2) is 73.5 Å². The van der Waals surface area contributed by atoms with Crippen molar-refractivity contribution in [1.29, 1.82) is 0 Å². The molecule has 0 spiro atoms. The van der Waals surface area contributed by atoms with Crippen LogP contribution >= 0.6 is 11.8 Å². The van der Waals surface area contributed by atoms with Crippen molar-refractivity contribution in [2.24, 2.45) is 5.92 Å². The molecule has 0 radical (unpaired) electrons. The third kappa shape index (κ3) is 5.26. The van der Waals surface area contributed by atoms with Gasteiger partial charge in [-0.25, -0.2) is 0 Å². The Kier molecular flexibility index (Phi) is 6.65. The fourth-order valence-electron chi connectivity index (χ4n) is 3.12. The summed E-state index contributed by atoms with van der Waals surface area (Å²) in [6.07, 6.45) is 4.76. The minimum atomic E-state index is 0.358.